The molecule has 1 amide bonds. The van der Waals surface area contributed by atoms with Gasteiger partial charge in [-0.05, 0) is 38.8 Å². The average molecular weight is 224 g/mol. The van der Waals surface area contributed by atoms with E-state index in [0.717, 1.165) is 25.9 Å². The van der Waals surface area contributed by atoms with Crippen LogP contribution >= 0.6 is 0 Å². The fraction of sp³-hybridized carbons (Fsp3) is 0.923. The number of carbonyl (C=O) groups is 1. The molecule has 0 radical (unpaired) electrons. The molecule has 3 heteroatoms. The van der Waals surface area contributed by atoms with Gasteiger partial charge in [-0.1, -0.05) is 19.8 Å². The molecule has 0 aromatic carbocycles. The van der Waals surface area contributed by atoms with Gasteiger partial charge in [-0.3, -0.25) is 9.69 Å². The van der Waals surface area contributed by atoms with Crippen molar-refractivity contribution in [1.29, 1.82) is 0 Å². The van der Waals surface area contributed by atoms with Crippen molar-refractivity contribution in [3.05, 3.63) is 0 Å². The van der Waals surface area contributed by atoms with Crippen molar-refractivity contribution in [2.75, 3.05) is 19.6 Å². The summed E-state index contributed by atoms with van der Waals surface area (Å²) in [7, 11) is 0. The first kappa shape index (κ1) is 11.9. The second-order valence-electron chi connectivity index (χ2n) is 5.15. The van der Waals surface area contributed by atoms with Crippen LogP contribution in [0.25, 0.3) is 0 Å². The summed E-state index contributed by atoms with van der Waals surface area (Å²) in [6.07, 6.45) is 7.23. The first-order chi connectivity index (χ1) is 7.81. The number of carbonyl (C=O) groups excluding carboxylic acids is 1. The first-order valence-electron chi connectivity index (χ1n) is 6.83. The molecule has 1 N–H and O–H groups in total. The van der Waals surface area contributed by atoms with Crippen molar-refractivity contribution in [2.45, 2.75) is 51.5 Å². The van der Waals surface area contributed by atoms with Crippen LogP contribution in [-0.2, 0) is 4.79 Å². The summed E-state index contributed by atoms with van der Waals surface area (Å²) in [6, 6.07) is 0.593. The van der Waals surface area contributed by atoms with Gasteiger partial charge in [0.15, 0.2) is 0 Å². The summed E-state index contributed by atoms with van der Waals surface area (Å²) in [5.41, 5.74) is 0. The van der Waals surface area contributed by atoms with Gasteiger partial charge in [-0.15, -0.1) is 0 Å². The zero-order valence-electron chi connectivity index (χ0n) is 10.4. The van der Waals surface area contributed by atoms with E-state index in [4.69, 9.17) is 0 Å². The number of hydrogen-bond donors (Lipinski definition) is 1. The molecule has 2 aliphatic rings. The molecule has 1 aliphatic heterocycles. The average Bonchev–Trinajstić information content (AvgIpc) is 2.96. The van der Waals surface area contributed by atoms with Gasteiger partial charge < -0.3 is 5.32 Å². The molecule has 1 atom stereocenters. The largest absolute Gasteiger partial charge is 0.354 e. The lowest BCUT2D eigenvalue weighted by Crippen LogP contribution is -2.41. The molecule has 0 spiro atoms. The summed E-state index contributed by atoms with van der Waals surface area (Å²) < 4.78 is 0. The molecule has 0 aromatic rings. The SMILES string of the molecule is CCN1CCC[C@H]1CNC(=O)C1CCCC1. The first-order valence-corrected chi connectivity index (χ1v) is 6.83. The van der Waals surface area contributed by atoms with Crippen LogP contribution in [0.1, 0.15) is 45.4 Å². The Morgan fingerprint density at radius 2 is 2.00 bits per heavy atom. The summed E-state index contributed by atoms with van der Waals surface area (Å²) >= 11 is 0. The zero-order chi connectivity index (χ0) is 11.4. The highest BCUT2D eigenvalue weighted by molar-refractivity contribution is 5.78. The standard InChI is InChI=1S/C13H24N2O/c1-2-15-9-5-8-12(15)10-14-13(16)11-6-3-4-7-11/h11-12H,2-10H2,1H3,(H,14,16)/t12-/m0/s1. The van der Waals surface area contributed by atoms with E-state index in [0.29, 0.717) is 17.9 Å². The molecule has 2 rings (SSSR count). The Kier molecular flexibility index (Phi) is 4.22. The number of hydrogen-bond acceptors (Lipinski definition) is 2. The maximum Gasteiger partial charge on any atom is 0.223 e. The second-order valence-corrected chi connectivity index (χ2v) is 5.15. The van der Waals surface area contributed by atoms with Crippen LogP contribution in [-0.4, -0.2) is 36.5 Å². The smallest absolute Gasteiger partial charge is 0.223 e. The van der Waals surface area contributed by atoms with E-state index >= 15 is 0 Å². The normalized spacial score (nSPS) is 27.4. The zero-order valence-corrected chi connectivity index (χ0v) is 10.4. The Hall–Kier alpha value is -0.570. The summed E-state index contributed by atoms with van der Waals surface area (Å²) in [4.78, 5) is 14.3. The van der Waals surface area contributed by atoms with Crippen LogP contribution in [0.15, 0.2) is 0 Å². The van der Waals surface area contributed by atoms with E-state index in [1.54, 1.807) is 0 Å². The van der Waals surface area contributed by atoms with Crippen LogP contribution in [0.2, 0.25) is 0 Å². The number of nitrogens with one attached hydrogen (secondary N) is 1. The van der Waals surface area contributed by atoms with Crippen molar-refractivity contribution in [2.24, 2.45) is 5.92 Å². The minimum atomic E-state index is 0.306. The molecule has 1 aliphatic carbocycles. The third kappa shape index (κ3) is 2.76. The lowest BCUT2D eigenvalue weighted by Gasteiger charge is -2.23. The Labute approximate surface area is 98.6 Å². The van der Waals surface area contributed by atoms with Crippen LogP contribution < -0.4 is 5.32 Å². The minimum absolute atomic E-state index is 0.306. The van der Waals surface area contributed by atoms with Gasteiger partial charge in [-0.25, -0.2) is 0 Å². The molecular formula is C13H24N2O. The van der Waals surface area contributed by atoms with Crippen LogP contribution in [0.3, 0.4) is 0 Å². The van der Waals surface area contributed by atoms with E-state index in [1.165, 1.54) is 32.2 Å². The molecule has 1 saturated heterocycles. The topological polar surface area (TPSA) is 32.3 Å². The highest BCUT2D eigenvalue weighted by Crippen LogP contribution is 2.24. The van der Waals surface area contributed by atoms with Gasteiger partial charge in [0.1, 0.15) is 0 Å². The van der Waals surface area contributed by atoms with Crippen molar-refractivity contribution in [3.8, 4) is 0 Å². The highest BCUT2D eigenvalue weighted by atomic mass is 16.1. The third-order valence-corrected chi connectivity index (χ3v) is 4.14. The maximum atomic E-state index is 11.9. The molecule has 2 fully saturated rings. The lowest BCUT2D eigenvalue weighted by atomic mass is 10.1. The summed E-state index contributed by atoms with van der Waals surface area (Å²) in [5.74, 6) is 0.622. The molecule has 1 heterocycles. The quantitative estimate of drug-likeness (QED) is 0.789. The summed E-state index contributed by atoms with van der Waals surface area (Å²) in [6.45, 7) is 5.39. The molecular weight excluding hydrogens is 200 g/mol. The number of nitrogens with zero attached hydrogens (tertiary/aromatic N) is 1. The number of likely N-dealkylation sites (tertiary alicyclic amines) is 1. The van der Waals surface area contributed by atoms with Crippen LogP contribution in [0, 0.1) is 5.92 Å². The molecule has 1 saturated carbocycles. The third-order valence-electron chi connectivity index (χ3n) is 4.14. The van der Waals surface area contributed by atoms with Crippen LogP contribution in [0.5, 0.6) is 0 Å². The molecule has 3 nitrogen and oxygen atoms in total. The number of rotatable bonds is 4. The van der Waals surface area contributed by atoms with Crippen LogP contribution in [0.4, 0.5) is 0 Å². The van der Waals surface area contributed by atoms with Gasteiger partial charge in [0.25, 0.3) is 0 Å². The minimum Gasteiger partial charge on any atom is -0.354 e. The predicted octanol–water partition coefficient (Wildman–Crippen LogP) is 1.78. The predicted molar refractivity (Wildman–Crippen MR) is 65.2 cm³/mol. The second kappa shape index (κ2) is 5.67. The van der Waals surface area contributed by atoms with Gasteiger partial charge in [0.2, 0.25) is 5.91 Å². The number of amides is 1. The fourth-order valence-electron chi connectivity index (χ4n) is 3.09. The fourth-order valence-corrected chi connectivity index (χ4v) is 3.09. The van der Waals surface area contributed by atoms with E-state index in [9.17, 15) is 4.79 Å². The van der Waals surface area contributed by atoms with Crippen molar-refractivity contribution in [1.82, 2.24) is 10.2 Å². The van der Waals surface area contributed by atoms with Gasteiger partial charge in [-0.2, -0.15) is 0 Å². The lowest BCUT2D eigenvalue weighted by molar-refractivity contribution is -0.125. The molecule has 92 valence electrons. The molecule has 0 aromatic heterocycles. The molecule has 0 bridgehead atoms. The van der Waals surface area contributed by atoms with Gasteiger partial charge in [0.05, 0.1) is 0 Å². The monoisotopic (exact) mass is 224 g/mol. The Balaban J connectivity index is 1.71. The van der Waals surface area contributed by atoms with E-state index < -0.39 is 0 Å². The molecule has 16 heavy (non-hydrogen) atoms. The van der Waals surface area contributed by atoms with Gasteiger partial charge >= 0.3 is 0 Å². The van der Waals surface area contributed by atoms with Crippen molar-refractivity contribution in [3.63, 3.8) is 0 Å². The summed E-state index contributed by atoms with van der Waals surface area (Å²) in [5, 5.41) is 3.15. The van der Waals surface area contributed by atoms with Crippen molar-refractivity contribution >= 4 is 5.91 Å². The highest BCUT2D eigenvalue weighted by Gasteiger charge is 2.26. The Morgan fingerprint density at radius 3 is 2.69 bits per heavy atom. The van der Waals surface area contributed by atoms with Gasteiger partial charge in [0, 0.05) is 18.5 Å². The molecule has 0 unspecified atom stereocenters. The van der Waals surface area contributed by atoms with E-state index in [1.807, 2.05) is 0 Å². The van der Waals surface area contributed by atoms with Crippen molar-refractivity contribution < 1.29 is 4.79 Å². The van der Waals surface area contributed by atoms with E-state index in [2.05, 4.69) is 17.1 Å². The maximum absolute atomic E-state index is 11.9. The number of likely N-dealkylation sites (N-methyl/N-ethyl adjacent to an activating group) is 1. The van der Waals surface area contributed by atoms with E-state index in [-0.39, 0.29) is 0 Å². The Bertz CT molecular complexity index is 236. The Morgan fingerprint density at radius 1 is 1.25 bits per heavy atom.